The third kappa shape index (κ3) is 3.84. The van der Waals surface area contributed by atoms with Crippen LogP contribution >= 0.6 is 0 Å². The highest BCUT2D eigenvalue weighted by Crippen LogP contribution is 2.47. The largest absolute Gasteiger partial charge is 0.377 e. The lowest BCUT2D eigenvalue weighted by Gasteiger charge is -2.39. The fourth-order valence-corrected chi connectivity index (χ4v) is 5.52. The van der Waals surface area contributed by atoms with Gasteiger partial charge in [0.1, 0.15) is 11.6 Å². The summed E-state index contributed by atoms with van der Waals surface area (Å²) in [6.07, 6.45) is 6.08. The molecule has 178 valence electrons. The maximum absolute atomic E-state index is 5.61. The molecule has 0 spiro atoms. The van der Waals surface area contributed by atoms with Gasteiger partial charge in [0.15, 0.2) is 0 Å². The van der Waals surface area contributed by atoms with E-state index in [9.17, 15) is 0 Å². The monoisotopic (exact) mass is 456 g/mol. The van der Waals surface area contributed by atoms with Crippen LogP contribution in [0.4, 0.5) is 11.5 Å². The minimum Gasteiger partial charge on any atom is -0.377 e. The van der Waals surface area contributed by atoms with Crippen molar-refractivity contribution < 1.29 is 4.74 Å². The number of nitrogens with zero attached hydrogens (tertiary/aromatic N) is 4. The summed E-state index contributed by atoms with van der Waals surface area (Å²) in [7, 11) is 1.77. The van der Waals surface area contributed by atoms with Gasteiger partial charge in [-0.05, 0) is 74.3 Å². The lowest BCUT2D eigenvalue weighted by Crippen LogP contribution is -2.39. The van der Waals surface area contributed by atoms with Crippen molar-refractivity contribution in [1.29, 1.82) is 0 Å². The van der Waals surface area contributed by atoms with Gasteiger partial charge in [-0.15, -0.1) is 0 Å². The molecule has 5 heteroatoms. The van der Waals surface area contributed by atoms with Crippen LogP contribution in [0.1, 0.15) is 74.9 Å². The van der Waals surface area contributed by atoms with E-state index in [0.29, 0.717) is 5.92 Å². The van der Waals surface area contributed by atoms with E-state index in [-0.39, 0.29) is 11.5 Å². The minimum absolute atomic E-state index is 0.0571. The van der Waals surface area contributed by atoms with Gasteiger partial charge in [0, 0.05) is 49.8 Å². The summed E-state index contributed by atoms with van der Waals surface area (Å²) in [5.41, 5.74) is 5.39. The molecule has 1 aromatic heterocycles. The SMILES string of the molecule is COC(C)c1ccc2nc(C3(C)CC3)nc(N3CCC(c4ccccc4N4CCC4)CC3)c2c1. The molecule has 6 rings (SSSR count). The van der Waals surface area contributed by atoms with Gasteiger partial charge in [-0.2, -0.15) is 0 Å². The molecule has 2 aliphatic heterocycles. The van der Waals surface area contributed by atoms with Crippen molar-refractivity contribution in [3.8, 4) is 0 Å². The highest BCUT2D eigenvalue weighted by Gasteiger charge is 2.43. The molecule has 2 aromatic carbocycles. The molecule has 3 aromatic rings. The van der Waals surface area contributed by atoms with Crippen LogP contribution in [0.15, 0.2) is 42.5 Å². The quantitative estimate of drug-likeness (QED) is 0.456. The lowest BCUT2D eigenvalue weighted by molar-refractivity contribution is 0.119. The highest BCUT2D eigenvalue weighted by molar-refractivity contribution is 5.90. The smallest absolute Gasteiger partial charge is 0.140 e. The first-order valence-corrected chi connectivity index (χ1v) is 13.0. The maximum atomic E-state index is 5.61. The van der Waals surface area contributed by atoms with Crippen LogP contribution in [-0.4, -0.2) is 43.3 Å². The lowest BCUT2D eigenvalue weighted by atomic mass is 9.87. The fourth-order valence-electron chi connectivity index (χ4n) is 5.52. The average Bonchev–Trinajstić information content (AvgIpc) is 3.60. The number of para-hydroxylation sites is 1. The Hall–Kier alpha value is -2.66. The van der Waals surface area contributed by atoms with Crippen molar-refractivity contribution in [3.63, 3.8) is 0 Å². The van der Waals surface area contributed by atoms with E-state index in [1.54, 1.807) is 7.11 Å². The number of hydrogen-bond donors (Lipinski definition) is 0. The Bertz CT molecular complexity index is 1190. The molecule has 0 bridgehead atoms. The molecule has 0 radical (unpaired) electrons. The summed E-state index contributed by atoms with van der Waals surface area (Å²) in [5, 5.41) is 1.16. The summed E-state index contributed by atoms with van der Waals surface area (Å²) in [6.45, 7) is 8.87. The Morgan fingerprint density at radius 2 is 1.74 bits per heavy atom. The first kappa shape index (κ1) is 21.8. The van der Waals surface area contributed by atoms with Crippen molar-refractivity contribution in [2.45, 2.75) is 63.4 Å². The molecule has 1 aliphatic carbocycles. The van der Waals surface area contributed by atoms with Crippen LogP contribution in [0.3, 0.4) is 0 Å². The molecule has 1 atom stereocenters. The molecule has 1 unspecified atom stereocenters. The van der Waals surface area contributed by atoms with E-state index in [2.05, 4.69) is 66.1 Å². The summed E-state index contributed by atoms with van der Waals surface area (Å²) in [4.78, 5) is 15.3. The number of rotatable bonds is 6. The molecule has 3 heterocycles. The van der Waals surface area contributed by atoms with Gasteiger partial charge in [0.25, 0.3) is 0 Å². The highest BCUT2D eigenvalue weighted by atomic mass is 16.5. The van der Waals surface area contributed by atoms with Crippen molar-refractivity contribution >= 4 is 22.4 Å². The molecule has 3 fully saturated rings. The van der Waals surface area contributed by atoms with Gasteiger partial charge in [0.2, 0.25) is 0 Å². The molecular weight excluding hydrogens is 420 g/mol. The summed E-state index contributed by atoms with van der Waals surface area (Å²) in [5.74, 6) is 2.76. The number of fused-ring (bicyclic) bond motifs is 1. The second kappa shape index (κ2) is 8.53. The maximum Gasteiger partial charge on any atom is 0.140 e. The predicted molar refractivity (Wildman–Crippen MR) is 139 cm³/mol. The zero-order valence-electron chi connectivity index (χ0n) is 20.8. The van der Waals surface area contributed by atoms with Gasteiger partial charge in [0.05, 0.1) is 11.6 Å². The Balaban J connectivity index is 1.31. The molecule has 2 saturated heterocycles. The zero-order chi connectivity index (χ0) is 23.3. The van der Waals surface area contributed by atoms with Gasteiger partial charge in [-0.3, -0.25) is 0 Å². The minimum atomic E-state index is 0.0571. The first-order valence-electron chi connectivity index (χ1n) is 13.0. The molecule has 0 amide bonds. The Morgan fingerprint density at radius 1 is 0.971 bits per heavy atom. The second-order valence-corrected chi connectivity index (χ2v) is 10.7. The van der Waals surface area contributed by atoms with Crippen LogP contribution in [0.2, 0.25) is 0 Å². The van der Waals surface area contributed by atoms with E-state index in [1.807, 2.05) is 0 Å². The summed E-state index contributed by atoms with van der Waals surface area (Å²) >= 11 is 0. The summed E-state index contributed by atoms with van der Waals surface area (Å²) < 4.78 is 5.61. The number of piperidine rings is 1. The van der Waals surface area contributed by atoms with Crippen LogP contribution in [0.25, 0.3) is 10.9 Å². The van der Waals surface area contributed by atoms with Gasteiger partial charge in [-0.25, -0.2) is 9.97 Å². The average molecular weight is 457 g/mol. The van der Waals surface area contributed by atoms with E-state index in [4.69, 9.17) is 14.7 Å². The van der Waals surface area contributed by atoms with Crippen molar-refractivity contribution in [3.05, 3.63) is 59.4 Å². The van der Waals surface area contributed by atoms with E-state index in [1.165, 1.54) is 49.2 Å². The Morgan fingerprint density at radius 3 is 2.41 bits per heavy atom. The van der Waals surface area contributed by atoms with E-state index >= 15 is 0 Å². The van der Waals surface area contributed by atoms with Crippen LogP contribution < -0.4 is 9.80 Å². The number of methoxy groups -OCH3 is 1. The van der Waals surface area contributed by atoms with Crippen LogP contribution in [-0.2, 0) is 10.2 Å². The molecule has 3 aliphatic rings. The van der Waals surface area contributed by atoms with Gasteiger partial charge < -0.3 is 14.5 Å². The topological polar surface area (TPSA) is 41.5 Å². The number of hydrogen-bond acceptors (Lipinski definition) is 5. The number of ether oxygens (including phenoxy) is 1. The summed E-state index contributed by atoms with van der Waals surface area (Å²) in [6, 6.07) is 15.7. The standard InChI is InChI=1S/C29H36N4O/c1-20(34-3)22-9-10-25-24(19-22)27(31-28(30-25)29(2)13-14-29)33-17-11-21(12-18-33)23-7-4-5-8-26(23)32-15-6-16-32/h4-5,7-10,19-21H,6,11-18H2,1-3H3. The predicted octanol–water partition coefficient (Wildman–Crippen LogP) is 5.98. The number of anilines is 2. The van der Waals surface area contributed by atoms with Gasteiger partial charge in [-0.1, -0.05) is 31.2 Å². The van der Waals surface area contributed by atoms with Crippen molar-refractivity contribution in [2.75, 3.05) is 43.1 Å². The first-order chi connectivity index (χ1) is 16.6. The zero-order valence-corrected chi connectivity index (χ0v) is 20.8. The molecular formula is C29H36N4O. The van der Waals surface area contributed by atoms with Crippen LogP contribution in [0, 0.1) is 0 Å². The second-order valence-electron chi connectivity index (χ2n) is 10.7. The Kier molecular flexibility index (Phi) is 5.48. The number of aromatic nitrogens is 2. The molecule has 34 heavy (non-hydrogen) atoms. The van der Waals surface area contributed by atoms with Crippen LogP contribution in [0.5, 0.6) is 0 Å². The molecule has 5 nitrogen and oxygen atoms in total. The normalized spacial score (nSPS) is 20.9. The van der Waals surface area contributed by atoms with E-state index in [0.717, 1.165) is 48.5 Å². The van der Waals surface area contributed by atoms with E-state index < -0.39 is 0 Å². The van der Waals surface area contributed by atoms with Crippen molar-refractivity contribution in [2.24, 2.45) is 0 Å². The molecule has 0 N–H and O–H groups in total. The van der Waals surface area contributed by atoms with Gasteiger partial charge >= 0.3 is 0 Å². The third-order valence-corrected chi connectivity index (χ3v) is 8.43. The Labute approximate surface area is 203 Å². The fraction of sp³-hybridized carbons (Fsp3) is 0.517. The molecule has 1 saturated carbocycles. The van der Waals surface area contributed by atoms with Crippen molar-refractivity contribution in [1.82, 2.24) is 9.97 Å². The third-order valence-electron chi connectivity index (χ3n) is 8.43. The number of benzene rings is 2.